The van der Waals surface area contributed by atoms with Gasteiger partial charge in [-0.15, -0.1) is 0 Å². The van der Waals surface area contributed by atoms with E-state index in [1.165, 1.54) is 37.1 Å². The summed E-state index contributed by atoms with van der Waals surface area (Å²) in [5, 5.41) is 3.66. The molecule has 3 N–H and O–H groups in total. The van der Waals surface area contributed by atoms with Crippen LogP contribution in [0.25, 0.3) is 0 Å². The first-order valence-corrected chi connectivity index (χ1v) is 8.60. The fourth-order valence-corrected chi connectivity index (χ4v) is 3.03. The van der Waals surface area contributed by atoms with Crippen molar-refractivity contribution < 1.29 is 13.9 Å². The molecule has 2 rings (SSSR count). The number of rotatable bonds is 4. The third-order valence-electron chi connectivity index (χ3n) is 4.52. The van der Waals surface area contributed by atoms with Crippen LogP contribution in [0.15, 0.2) is 24.3 Å². The SMILES string of the molecule is C[C@H]1[C@@H](NC(=S)NNC(=O)COc2ccc(F)cc2)CCC[C@@H]1C. The molecular weight excluding hydrogens is 329 g/mol. The van der Waals surface area contributed by atoms with Gasteiger partial charge in [0.1, 0.15) is 11.6 Å². The highest BCUT2D eigenvalue weighted by Crippen LogP contribution is 2.29. The average molecular weight is 353 g/mol. The molecule has 24 heavy (non-hydrogen) atoms. The number of thiocarbonyl (C=S) groups is 1. The van der Waals surface area contributed by atoms with Crippen LogP contribution in [0.1, 0.15) is 33.1 Å². The smallest absolute Gasteiger partial charge is 0.276 e. The molecule has 1 saturated carbocycles. The maximum atomic E-state index is 12.8. The number of benzene rings is 1. The van der Waals surface area contributed by atoms with Crippen molar-refractivity contribution >= 4 is 23.2 Å². The molecule has 1 aromatic rings. The molecule has 0 aromatic heterocycles. The molecule has 132 valence electrons. The first-order valence-electron chi connectivity index (χ1n) is 8.19. The first kappa shape index (κ1) is 18.4. The summed E-state index contributed by atoms with van der Waals surface area (Å²) in [5.74, 6) is 0.913. The lowest BCUT2D eigenvalue weighted by molar-refractivity contribution is -0.123. The zero-order valence-corrected chi connectivity index (χ0v) is 14.8. The number of nitrogens with one attached hydrogen (secondary N) is 3. The van der Waals surface area contributed by atoms with Gasteiger partial charge in [0.2, 0.25) is 0 Å². The van der Waals surface area contributed by atoms with Crippen LogP contribution in [-0.4, -0.2) is 23.7 Å². The molecular formula is C17H24FN3O2S. The molecule has 0 saturated heterocycles. The molecule has 0 heterocycles. The van der Waals surface area contributed by atoms with Crippen LogP contribution in [0, 0.1) is 17.7 Å². The van der Waals surface area contributed by atoms with Crippen molar-refractivity contribution in [3.05, 3.63) is 30.1 Å². The molecule has 0 spiro atoms. The van der Waals surface area contributed by atoms with Crippen LogP contribution in [0.3, 0.4) is 0 Å². The van der Waals surface area contributed by atoms with E-state index in [0.717, 1.165) is 6.42 Å². The van der Waals surface area contributed by atoms with E-state index < -0.39 is 0 Å². The summed E-state index contributed by atoms with van der Waals surface area (Å²) in [6.07, 6.45) is 3.51. The maximum absolute atomic E-state index is 12.8. The van der Waals surface area contributed by atoms with Gasteiger partial charge in [-0.3, -0.25) is 15.6 Å². The Kier molecular flexibility index (Phi) is 6.78. The molecule has 0 bridgehead atoms. The summed E-state index contributed by atoms with van der Waals surface area (Å²) >= 11 is 5.22. The molecule has 7 heteroatoms. The Morgan fingerprint density at radius 2 is 1.96 bits per heavy atom. The maximum Gasteiger partial charge on any atom is 0.276 e. The van der Waals surface area contributed by atoms with E-state index in [-0.39, 0.29) is 18.3 Å². The van der Waals surface area contributed by atoms with Crippen molar-refractivity contribution in [1.29, 1.82) is 0 Å². The Labute approximate surface area is 147 Å². The fraction of sp³-hybridized carbons (Fsp3) is 0.529. The summed E-state index contributed by atoms with van der Waals surface area (Å²) in [4.78, 5) is 11.7. The van der Waals surface area contributed by atoms with Gasteiger partial charge >= 0.3 is 0 Å². The second-order valence-corrected chi connectivity index (χ2v) is 6.67. The van der Waals surface area contributed by atoms with Crippen molar-refractivity contribution in [3.8, 4) is 5.75 Å². The number of amides is 1. The summed E-state index contributed by atoms with van der Waals surface area (Å²) < 4.78 is 18.0. The van der Waals surface area contributed by atoms with E-state index in [0.29, 0.717) is 28.7 Å². The van der Waals surface area contributed by atoms with E-state index in [4.69, 9.17) is 17.0 Å². The molecule has 0 radical (unpaired) electrons. The van der Waals surface area contributed by atoms with E-state index in [2.05, 4.69) is 30.0 Å². The third kappa shape index (κ3) is 5.63. The number of halogens is 1. The minimum absolute atomic E-state index is 0.182. The fourth-order valence-electron chi connectivity index (χ4n) is 2.83. The minimum atomic E-state index is -0.367. The first-order chi connectivity index (χ1) is 11.5. The van der Waals surface area contributed by atoms with E-state index in [1.54, 1.807) is 0 Å². The Hall–Kier alpha value is -1.89. The van der Waals surface area contributed by atoms with Gasteiger partial charge in [-0.05, 0) is 54.7 Å². The summed E-state index contributed by atoms with van der Waals surface area (Å²) in [7, 11) is 0. The minimum Gasteiger partial charge on any atom is -0.484 e. The van der Waals surface area contributed by atoms with E-state index in [9.17, 15) is 9.18 Å². The number of hydrogen-bond acceptors (Lipinski definition) is 3. The Balaban J connectivity index is 1.67. The van der Waals surface area contributed by atoms with Crippen LogP contribution in [0.4, 0.5) is 4.39 Å². The molecule has 1 amide bonds. The highest BCUT2D eigenvalue weighted by molar-refractivity contribution is 7.80. The van der Waals surface area contributed by atoms with E-state index >= 15 is 0 Å². The van der Waals surface area contributed by atoms with Crippen LogP contribution < -0.4 is 20.9 Å². The molecule has 0 aliphatic heterocycles. The quantitative estimate of drug-likeness (QED) is 0.574. The van der Waals surface area contributed by atoms with Crippen LogP contribution in [0.2, 0.25) is 0 Å². The monoisotopic (exact) mass is 353 g/mol. The number of hydrazine groups is 1. The van der Waals surface area contributed by atoms with Crippen LogP contribution in [0.5, 0.6) is 5.75 Å². The lowest BCUT2D eigenvalue weighted by Gasteiger charge is -2.35. The zero-order valence-electron chi connectivity index (χ0n) is 14.0. The van der Waals surface area contributed by atoms with Crippen LogP contribution >= 0.6 is 12.2 Å². The second-order valence-electron chi connectivity index (χ2n) is 6.26. The number of carbonyl (C=O) groups is 1. The summed E-state index contributed by atoms with van der Waals surface area (Å²) in [5.41, 5.74) is 5.18. The van der Waals surface area contributed by atoms with Crippen LogP contribution in [-0.2, 0) is 4.79 Å². The average Bonchev–Trinajstić information content (AvgIpc) is 2.56. The van der Waals surface area contributed by atoms with Gasteiger partial charge in [0.05, 0.1) is 0 Å². The topological polar surface area (TPSA) is 62.4 Å². The number of carbonyl (C=O) groups excluding carboxylic acids is 1. The summed E-state index contributed by atoms with van der Waals surface area (Å²) in [6, 6.07) is 5.80. The predicted octanol–water partition coefficient (Wildman–Crippen LogP) is 2.52. The molecule has 1 aliphatic rings. The Bertz CT molecular complexity index is 567. The molecule has 0 unspecified atom stereocenters. The van der Waals surface area contributed by atoms with Crippen molar-refractivity contribution in [2.24, 2.45) is 11.8 Å². The largest absolute Gasteiger partial charge is 0.484 e. The van der Waals surface area contributed by atoms with Crippen molar-refractivity contribution in [3.63, 3.8) is 0 Å². The lowest BCUT2D eigenvalue weighted by atomic mass is 9.78. The number of ether oxygens (including phenoxy) is 1. The van der Waals surface area contributed by atoms with Gasteiger partial charge in [0, 0.05) is 6.04 Å². The Morgan fingerprint density at radius 1 is 1.25 bits per heavy atom. The van der Waals surface area contributed by atoms with Gasteiger partial charge in [0.15, 0.2) is 11.7 Å². The molecule has 1 fully saturated rings. The van der Waals surface area contributed by atoms with E-state index in [1.807, 2.05) is 0 Å². The zero-order chi connectivity index (χ0) is 17.5. The van der Waals surface area contributed by atoms with Gasteiger partial charge < -0.3 is 10.1 Å². The predicted molar refractivity (Wildman–Crippen MR) is 94.9 cm³/mol. The van der Waals surface area contributed by atoms with Gasteiger partial charge in [-0.2, -0.15) is 0 Å². The van der Waals surface area contributed by atoms with Gasteiger partial charge in [-0.1, -0.05) is 26.7 Å². The van der Waals surface area contributed by atoms with Crippen molar-refractivity contribution in [1.82, 2.24) is 16.2 Å². The number of hydrogen-bond donors (Lipinski definition) is 3. The highest BCUT2D eigenvalue weighted by Gasteiger charge is 2.27. The molecule has 1 aromatic carbocycles. The normalized spacial score (nSPS) is 23.2. The van der Waals surface area contributed by atoms with Crippen molar-refractivity contribution in [2.75, 3.05) is 6.61 Å². The molecule has 1 aliphatic carbocycles. The highest BCUT2D eigenvalue weighted by atomic mass is 32.1. The standard InChI is InChI=1S/C17H24FN3O2S/c1-11-4-3-5-15(12(11)2)19-17(24)21-20-16(22)10-23-14-8-6-13(18)7-9-14/h6-9,11-12,15H,3-5,10H2,1-2H3,(H,20,22)(H2,19,21,24)/t11-,12+,15-/m0/s1. The van der Waals surface area contributed by atoms with Gasteiger partial charge in [0.25, 0.3) is 5.91 Å². The lowest BCUT2D eigenvalue weighted by Crippen LogP contribution is -2.53. The third-order valence-corrected chi connectivity index (χ3v) is 4.74. The molecule has 3 atom stereocenters. The summed E-state index contributed by atoms with van der Waals surface area (Å²) in [6.45, 7) is 4.29. The Morgan fingerprint density at radius 3 is 2.67 bits per heavy atom. The second kappa shape index (κ2) is 8.82. The van der Waals surface area contributed by atoms with Gasteiger partial charge in [-0.25, -0.2) is 4.39 Å². The molecule has 5 nitrogen and oxygen atoms in total. The van der Waals surface area contributed by atoms with Crippen molar-refractivity contribution in [2.45, 2.75) is 39.2 Å².